The van der Waals surface area contributed by atoms with E-state index in [1.165, 1.54) is 29.5 Å². The standard InChI is InChI=1S/C21H25N5/c1-16-5-6-20(10-17(16)2)26-13-18(11-24-26)12-25-9-3-4-19(14-25)21-7-8-22-15-23-21/h5-8,10-11,13,15,19H,3-4,9,12,14H2,1-2H3/t19-/m0/s1. The van der Waals surface area contributed by atoms with Crippen molar-refractivity contribution in [2.75, 3.05) is 13.1 Å². The summed E-state index contributed by atoms with van der Waals surface area (Å²) in [6.07, 6.45) is 10.0. The van der Waals surface area contributed by atoms with Gasteiger partial charge in [0.25, 0.3) is 0 Å². The van der Waals surface area contributed by atoms with E-state index >= 15 is 0 Å². The molecule has 0 spiro atoms. The van der Waals surface area contributed by atoms with Crippen LogP contribution in [0.5, 0.6) is 0 Å². The van der Waals surface area contributed by atoms with Crippen molar-refractivity contribution in [3.63, 3.8) is 0 Å². The molecule has 2 aromatic heterocycles. The number of rotatable bonds is 4. The lowest BCUT2D eigenvalue weighted by molar-refractivity contribution is 0.198. The van der Waals surface area contributed by atoms with E-state index in [0.717, 1.165) is 31.0 Å². The molecule has 1 aliphatic rings. The van der Waals surface area contributed by atoms with E-state index in [1.54, 1.807) is 6.33 Å². The number of nitrogens with zero attached hydrogens (tertiary/aromatic N) is 5. The average Bonchev–Trinajstić information content (AvgIpc) is 3.13. The van der Waals surface area contributed by atoms with Crippen LogP contribution < -0.4 is 0 Å². The van der Waals surface area contributed by atoms with E-state index in [0.29, 0.717) is 5.92 Å². The van der Waals surface area contributed by atoms with Gasteiger partial charge in [-0.15, -0.1) is 0 Å². The number of aryl methyl sites for hydroxylation is 2. The average molecular weight is 347 g/mol. The van der Waals surface area contributed by atoms with Gasteiger partial charge in [-0.05, 0) is 62.6 Å². The molecule has 0 saturated carbocycles. The summed E-state index contributed by atoms with van der Waals surface area (Å²) in [6, 6.07) is 8.53. The highest BCUT2D eigenvalue weighted by atomic mass is 15.3. The van der Waals surface area contributed by atoms with Gasteiger partial charge >= 0.3 is 0 Å². The van der Waals surface area contributed by atoms with Gasteiger partial charge in [-0.25, -0.2) is 14.6 Å². The smallest absolute Gasteiger partial charge is 0.115 e. The number of hydrogen-bond acceptors (Lipinski definition) is 4. The highest BCUT2D eigenvalue weighted by molar-refractivity contribution is 5.39. The molecule has 0 N–H and O–H groups in total. The van der Waals surface area contributed by atoms with Crippen LogP contribution in [0.1, 0.15) is 41.1 Å². The second kappa shape index (κ2) is 7.38. The van der Waals surface area contributed by atoms with Crippen molar-refractivity contribution in [3.8, 4) is 5.69 Å². The fourth-order valence-electron chi connectivity index (χ4n) is 3.69. The molecule has 0 unspecified atom stereocenters. The highest BCUT2D eigenvalue weighted by Crippen LogP contribution is 2.26. The Labute approximate surface area is 154 Å². The Bertz CT molecular complexity index is 871. The first-order chi connectivity index (χ1) is 12.7. The van der Waals surface area contributed by atoms with Gasteiger partial charge in [-0.2, -0.15) is 5.10 Å². The van der Waals surface area contributed by atoms with Gasteiger partial charge in [0.05, 0.1) is 11.9 Å². The normalized spacial score (nSPS) is 18.2. The largest absolute Gasteiger partial charge is 0.298 e. The van der Waals surface area contributed by atoms with Crippen molar-refractivity contribution in [2.24, 2.45) is 0 Å². The molecule has 3 aromatic rings. The first kappa shape index (κ1) is 16.9. The summed E-state index contributed by atoms with van der Waals surface area (Å²) in [6.45, 7) is 7.40. The molecule has 1 saturated heterocycles. The number of hydrogen-bond donors (Lipinski definition) is 0. The Morgan fingerprint density at radius 1 is 1.15 bits per heavy atom. The molecule has 0 radical (unpaired) electrons. The molecule has 26 heavy (non-hydrogen) atoms. The van der Waals surface area contributed by atoms with Gasteiger partial charge in [-0.1, -0.05) is 6.07 Å². The molecule has 0 aliphatic carbocycles. The quantitative estimate of drug-likeness (QED) is 0.723. The summed E-state index contributed by atoms with van der Waals surface area (Å²) < 4.78 is 1.98. The van der Waals surface area contributed by atoms with Crippen LogP contribution in [0, 0.1) is 13.8 Å². The van der Waals surface area contributed by atoms with Crippen molar-refractivity contribution in [1.82, 2.24) is 24.6 Å². The van der Waals surface area contributed by atoms with Crippen LogP contribution in [0.15, 0.2) is 49.2 Å². The molecule has 4 rings (SSSR count). The molecule has 134 valence electrons. The van der Waals surface area contributed by atoms with Gasteiger partial charge in [0, 0.05) is 42.7 Å². The lowest BCUT2D eigenvalue weighted by Gasteiger charge is -2.32. The molecule has 1 fully saturated rings. The zero-order chi connectivity index (χ0) is 17.9. The monoisotopic (exact) mass is 347 g/mol. The predicted octanol–water partition coefficient (Wildman–Crippen LogP) is 3.66. The zero-order valence-corrected chi connectivity index (χ0v) is 15.5. The topological polar surface area (TPSA) is 46.8 Å². The highest BCUT2D eigenvalue weighted by Gasteiger charge is 2.22. The van der Waals surface area contributed by atoms with Crippen LogP contribution >= 0.6 is 0 Å². The Kier molecular flexibility index (Phi) is 4.80. The van der Waals surface area contributed by atoms with E-state index in [2.05, 4.69) is 58.2 Å². The molecule has 0 bridgehead atoms. The van der Waals surface area contributed by atoms with Crippen molar-refractivity contribution in [2.45, 2.75) is 39.2 Å². The first-order valence-corrected chi connectivity index (χ1v) is 9.28. The predicted molar refractivity (Wildman–Crippen MR) is 102 cm³/mol. The maximum Gasteiger partial charge on any atom is 0.115 e. The van der Waals surface area contributed by atoms with E-state index in [4.69, 9.17) is 0 Å². The lowest BCUT2D eigenvalue weighted by Crippen LogP contribution is -2.34. The van der Waals surface area contributed by atoms with Crippen LogP contribution in [-0.4, -0.2) is 37.7 Å². The van der Waals surface area contributed by atoms with Crippen molar-refractivity contribution >= 4 is 0 Å². The van der Waals surface area contributed by atoms with Gasteiger partial charge < -0.3 is 0 Å². The summed E-state index contributed by atoms with van der Waals surface area (Å²) in [4.78, 5) is 11.0. The minimum atomic E-state index is 0.501. The van der Waals surface area contributed by atoms with Crippen molar-refractivity contribution in [3.05, 3.63) is 71.6 Å². The Morgan fingerprint density at radius 2 is 2.08 bits per heavy atom. The molecule has 1 atom stereocenters. The van der Waals surface area contributed by atoms with E-state index in [-0.39, 0.29) is 0 Å². The summed E-state index contributed by atoms with van der Waals surface area (Å²) in [5.74, 6) is 0.501. The van der Waals surface area contributed by atoms with E-state index in [9.17, 15) is 0 Å². The summed E-state index contributed by atoms with van der Waals surface area (Å²) >= 11 is 0. The molecular formula is C21H25N5. The van der Waals surface area contributed by atoms with Gasteiger partial charge in [0.2, 0.25) is 0 Å². The SMILES string of the molecule is Cc1ccc(-n2cc(CN3CCC[C@H](c4ccncn4)C3)cn2)cc1C. The molecule has 5 nitrogen and oxygen atoms in total. The molecule has 0 amide bonds. The Hall–Kier alpha value is -2.53. The third-order valence-electron chi connectivity index (χ3n) is 5.33. The minimum absolute atomic E-state index is 0.501. The molecule has 1 aromatic carbocycles. The molecule has 5 heteroatoms. The van der Waals surface area contributed by atoms with Crippen LogP contribution in [0.3, 0.4) is 0 Å². The van der Waals surface area contributed by atoms with Crippen LogP contribution in [0.4, 0.5) is 0 Å². The first-order valence-electron chi connectivity index (χ1n) is 9.28. The van der Waals surface area contributed by atoms with Crippen LogP contribution in [0.2, 0.25) is 0 Å². The summed E-state index contributed by atoms with van der Waals surface area (Å²) in [5, 5.41) is 4.57. The number of likely N-dealkylation sites (tertiary alicyclic amines) is 1. The number of benzene rings is 1. The molecular weight excluding hydrogens is 322 g/mol. The summed E-state index contributed by atoms with van der Waals surface area (Å²) in [7, 11) is 0. The maximum atomic E-state index is 4.57. The Balaban J connectivity index is 1.44. The van der Waals surface area contributed by atoms with E-state index < -0.39 is 0 Å². The minimum Gasteiger partial charge on any atom is -0.298 e. The number of piperidine rings is 1. The maximum absolute atomic E-state index is 4.57. The van der Waals surface area contributed by atoms with E-state index in [1.807, 2.05) is 23.1 Å². The third kappa shape index (κ3) is 3.68. The second-order valence-electron chi connectivity index (χ2n) is 7.27. The van der Waals surface area contributed by atoms with Crippen molar-refractivity contribution in [1.29, 1.82) is 0 Å². The fourth-order valence-corrected chi connectivity index (χ4v) is 3.69. The fraction of sp³-hybridized carbons (Fsp3) is 0.381. The van der Waals surface area contributed by atoms with Crippen molar-refractivity contribution < 1.29 is 0 Å². The van der Waals surface area contributed by atoms with Gasteiger partial charge in [0.15, 0.2) is 0 Å². The lowest BCUT2D eigenvalue weighted by atomic mass is 9.94. The van der Waals surface area contributed by atoms with Gasteiger partial charge in [-0.3, -0.25) is 4.90 Å². The van der Waals surface area contributed by atoms with Crippen LogP contribution in [0.25, 0.3) is 5.69 Å². The summed E-state index contributed by atoms with van der Waals surface area (Å²) in [5.41, 5.74) is 6.15. The molecule has 1 aliphatic heterocycles. The van der Waals surface area contributed by atoms with Crippen LogP contribution in [-0.2, 0) is 6.54 Å². The second-order valence-corrected chi connectivity index (χ2v) is 7.27. The Morgan fingerprint density at radius 3 is 2.88 bits per heavy atom. The van der Waals surface area contributed by atoms with Gasteiger partial charge in [0.1, 0.15) is 6.33 Å². The zero-order valence-electron chi connectivity index (χ0n) is 15.5. The number of aromatic nitrogens is 4. The molecule has 3 heterocycles. The third-order valence-corrected chi connectivity index (χ3v) is 5.33.